The summed E-state index contributed by atoms with van der Waals surface area (Å²) in [4.78, 5) is 26.9. The van der Waals surface area contributed by atoms with Gasteiger partial charge in [0.05, 0.1) is 28.4 Å². The molecule has 2 amide bonds. The molecule has 0 aliphatic carbocycles. The van der Waals surface area contributed by atoms with Crippen LogP contribution in [-0.2, 0) is 4.79 Å². The van der Waals surface area contributed by atoms with Crippen LogP contribution in [0.2, 0.25) is 0 Å². The summed E-state index contributed by atoms with van der Waals surface area (Å²) in [5.41, 5.74) is 1.14. The van der Waals surface area contributed by atoms with Crippen LogP contribution < -0.4 is 19.1 Å². The Morgan fingerprint density at radius 2 is 1.86 bits per heavy atom. The van der Waals surface area contributed by atoms with Crippen molar-refractivity contribution in [3.05, 3.63) is 63.1 Å². The molecular weight excluding hydrogens is 505 g/mol. The minimum Gasteiger partial charge on any atom is -0.495 e. The lowest BCUT2D eigenvalue weighted by molar-refractivity contribution is -0.113. The van der Waals surface area contributed by atoms with Crippen LogP contribution in [-0.4, -0.2) is 32.0 Å². The topological polar surface area (TPSA) is 65.1 Å². The molecule has 0 spiro atoms. The third-order valence-corrected chi connectivity index (χ3v) is 5.69. The van der Waals surface area contributed by atoms with Crippen LogP contribution in [0.4, 0.5) is 10.5 Å². The molecule has 1 aliphatic heterocycles. The third kappa shape index (κ3) is 4.43. The molecule has 3 rings (SSSR count). The first-order valence-corrected chi connectivity index (χ1v) is 10.4. The molecule has 1 fully saturated rings. The predicted molar refractivity (Wildman–Crippen MR) is 123 cm³/mol. The van der Waals surface area contributed by atoms with E-state index in [-0.39, 0.29) is 5.24 Å². The summed E-state index contributed by atoms with van der Waals surface area (Å²) >= 11 is 3.02. The van der Waals surface area contributed by atoms with Gasteiger partial charge in [0.15, 0.2) is 11.5 Å². The highest BCUT2D eigenvalue weighted by Gasteiger charge is 2.37. The summed E-state index contributed by atoms with van der Waals surface area (Å²) in [6.45, 7) is 3.99. The second-order valence-corrected chi connectivity index (χ2v) is 7.98. The number of thioether (sulfide) groups is 1. The number of ether oxygens (including phenoxy) is 3. The Balaban J connectivity index is 1.95. The molecule has 6 nitrogen and oxygen atoms in total. The number of hydrogen-bond acceptors (Lipinski definition) is 6. The highest BCUT2D eigenvalue weighted by molar-refractivity contribution is 14.1. The standard InChI is InChI=1S/C21H18INO5S/c1-4-9-28-19-14(22)10-13(11-17(19)27-3)12-18-20(24)23(21(25)29-18)15-7-5-6-8-16(15)26-2/h4-8,10-12H,1,9H2,2-3H3/b18-12-. The van der Waals surface area contributed by atoms with Gasteiger partial charge in [-0.25, -0.2) is 4.90 Å². The van der Waals surface area contributed by atoms with Crippen LogP contribution in [0, 0.1) is 3.57 Å². The maximum Gasteiger partial charge on any atom is 0.298 e. The summed E-state index contributed by atoms with van der Waals surface area (Å²) in [7, 11) is 3.05. The number of amides is 2. The largest absolute Gasteiger partial charge is 0.495 e. The van der Waals surface area contributed by atoms with Crippen molar-refractivity contribution in [1.29, 1.82) is 0 Å². The van der Waals surface area contributed by atoms with Crippen molar-refractivity contribution in [2.45, 2.75) is 0 Å². The van der Waals surface area contributed by atoms with E-state index in [0.717, 1.165) is 25.8 Å². The fourth-order valence-corrected chi connectivity index (χ4v) is 4.36. The molecule has 8 heteroatoms. The number of carbonyl (C=O) groups excluding carboxylic acids is 2. The van der Waals surface area contributed by atoms with E-state index < -0.39 is 5.91 Å². The molecule has 0 aromatic heterocycles. The molecule has 2 aromatic carbocycles. The van der Waals surface area contributed by atoms with Gasteiger partial charge < -0.3 is 14.2 Å². The summed E-state index contributed by atoms with van der Waals surface area (Å²) < 4.78 is 17.2. The van der Waals surface area contributed by atoms with E-state index in [2.05, 4.69) is 29.2 Å². The highest BCUT2D eigenvalue weighted by atomic mass is 127. The zero-order valence-electron chi connectivity index (χ0n) is 15.8. The second-order valence-electron chi connectivity index (χ2n) is 5.82. The van der Waals surface area contributed by atoms with Crippen LogP contribution >= 0.6 is 34.4 Å². The highest BCUT2D eigenvalue weighted by Crippen LogP contribution is 2.40. The first-order valence-electron chi connectivity index (χ1n) is 8.52. The Hall–Kier alpha value is -2.46. The van der Waals surface area contributed by atoms with Crippen molar-refractivity contribution >= 4 is 57.3 Å². The van der Waals surface area contributed by atoms with Gasteiger partial charge in [-0.2, -0.15) is 0 Å². The monoisotopic (exact) mass is 523 g/mol. The maximum atomic E-state index is 12.9. The number of hydrogen-bond donors (Lipinski definition) is 0. The average molecular weight is 523 g/mol. The van der Waals surface area contributed by atoms with Crippen molar-refractivity contribution < 1.29 is 23.8 Å². The number of para-hydroxylation sites is 2. The quantitative estimate of drug-likeness (QED) is 0.286. The number of methoxy groups -OCH3 is 2. The van der Waals surface area contributed by atoms with Crippen LogP contribution in [0.1, 0.15) is 5.56 Å². The van der Waals surface area contributed by atoms with Crippen LogP contribution in [0.3, 0.4) is 0 Å². The van der Waals surface area contributed by atoms with E-state index >= 15 is 0 Å². The Labute approximate surface area is 186 Å². The van der Waals surface area contributed by atoms with Crippen molar-refractivity contribution in [2.75, 3.05) is 25.7 Å². The minimum absolute atomic E-state index is 0.318. The minimum atomic E-state index is -0.398. The van der Waals surface area contributed by atoms with Crippen LogP contribution in [0.5, 0.6) is 17.2 Å². The average Bonchev–Trinajstić information content (AvgIpc) is 2.99. The Morgan fingerprint density at radius 3 is 2.55 bits per heavy atom. The van der Waals surface area contributed by atoms with E-state index in [0.29, 0.717) is 34.4 Å². The summed E-state index contributed by atoms with van der Waals surface area (Å²) in [5.74, 6) is 1.20. The molecule has 2 aromatic rings. The Morgan fingerprint density at radius 1 is 1.14 bits per heavy atom. The fraction of sp³-hybridized carbons (Fsp3) is 0.143. The molecule has 0 radical (unpaired) electrons. The molecule has 0 N–H and O–H groups in total. The van der Waals surface area contributed by atoms with Gasteiger partial charge in [-0.1, -0.05) is 24.8 Å². The molecule has 1 saturated heterocycles. The molecule has 1 aliphatic rings. The first-order chi connectivity index (χ1) is 14.0. The van der Waals surface area contributed by atoms with E-state index in [1.165, 1.54) is 7.11 Å². The SMILES string of the molecule is C=CCOc1c(I)cc(/C=C2\SC(=O)N(c3ccccc3OC)C2=O)cc1OC. The van der Waals surface area contributed by atoms with Crippen molar-refractivity contribution in [2.24, 2.45) is 0 Å². The lowest BCUT2D eigenvalue weighted by Gasteiger charge is -2.15. The number of imide groups is 1. The molecule has 0 bridgehead atoms. The Kier molecular flexibility index (Phi) is 6.86. The number of benzene rings is 2. The molecule has 1 heterocycles. The van der Waals surface area contributed by atoms with Gasteiger partial charge in [0.25, 0.3) is 11.1 Å². The third-order valence-electron chi connectivity index (χ3n) is 4.01. The van der Waals surface area contributed by atoms with E-state index in [9.17, 15) is 9.59 Å². The van der Waals surface area contributed by atoms with Gasteiger partial charge in [0.1, 0.15) is 12.4 Å². The van der Waals surface area contributed by atoms with Crippen molar-refractivity contribution in [1.82, 2.24) is 0 Å². The number of halogens is 1. The van der Waals surface area contributed by atoms with E-state index in [4.69, 9.17) is 14.2 Å². The van der Waals surface area contributed by atoms with Gasteiger partial charge in [0, 0.05) is 0 Å². The molecule has 29 heavy (non-hydrogen) atoms. The number of rotatable bonds is 7. The lowest BCUT2D eigenvalue weighted by Crippen LogP contribution is -2.28. The molecule has 0 saturated carbocycles. The van der Waals surface area contributed by atoms with Gasteiger partial charge in [-0.05, 0) is 70.3 Å². The summed E-state index contributed by atoms with van der Waals surface area (Å²) in [6, 6.07) is 10.5. The fourth-order valence-electron chi connectivity index (χ4n) is 2.75. The smallest absolute Gasteiger partial charge is 0.298 e. The van der Waals surface area contributed by atoms with Gasteiger partial charge in [-0.15, -0.1) is 0 Å². The summed E-state index contributed by atoms with van der Waals surface area (Å²) in [6.07, 6.45) is 3.32. The van der Waals surface area contributed by atoms with Crippen molar-refractivity contribution in [3.8, 4) is 17.2 Å². The molecular formula is C21H18INO5S. The second kappa shape index (κ2) is 9.36. The molecule has 0 atom stereocenters. The maximum absolute atomic E-state index is 12.9. The summed E-state index contributed by atoms with van der Waals surface area (Å²) in [5, 5.41) is -0.377. The van der Waals surface area contributed by atoms with Gasteiger partial charge >= 0.3 is 0 Å². The zero-order valence-corrected chi connectivity index (χ0v) is 18.8. The number of nitrogens with zero attached hydrogens (tertiary/aromatic N) is 1. The van der Waals surface area contributed by atoms with Gasteiger partial charge in [0.2, 0.25) is 0 Å². The van der Waals surface area contributed by atoms with Crippen molar-refractivity contribution in [3.63, 3.8) is 0 Å². The van der Waals surface area contributed by atoms with E-state index in [1.807, 2.05) is 6.07 Å². The lowest BCUT2D eigenvalue weighted by atomic mass is 10.1. The number of anilines is 1. The van der Waals surface area contributed by atoms with E-state index in [1.54, 1.807) is 49.6 Å². The van der Waals surface area contributed by atoms with Crippen LogP contribution in [0.15, 0.2) is 54.0 Å². The zero-order chi connectivity index (χ0) is 21.0. The van der Waals surface area contributed by atoms with Crippen LogP contribution in [0.25, 0.3) is 6.08 Å². The predicted octanol–water partition coefficient (Wildman–Crippen LogP) is 5.11. The number of carbonyl (C=O) groups is 2. The van der Waals surface area contributed by atoms with Gasteiger partial charge in [-0.3, -0.25) is 9.59 Å². The normalized spacial score (nSPS) is 15.0. The molecule has 150 valence electrons. The Bertz CT molecular complexity index is 1000. The molecule has 0 unspecified atom stereocenters. The first kappa shape index (κ1) is 21.3.